The number of oxime groups is 1. The van der Waals surface area contributed by atoms with E-state index in [4.69, 9.17) is 4.84 Å². The third-order valence-corrected chi connectivity index (χ3v) is 3.68. The van der Waals surface area contributed by atoms with Gasteiger partial charge in [-0.05, 0) is 37.3 Å². The second-order valence-corrected chi connectivity index (χ2v) is 5.31. The van der Waals surface area contributed by atoms with Gasteiger partial charge >= 0.3 is 0 Å². The molecular weight excluding hydrogens is 246 g/mol. The van der Waals surface area contributed by atoms with Crippen molar-refractivity contribution >= 4 is 5.71 Å². The van der Waals surface area contributed by atoms with Crippen molar-refractivity contribution in [1.82, 2.24) is 0 Å². The largest absolute Gasteiger partial charge is 0.391 e. The summed E-state index contributed by atoms with van der Waals surface area (Å²) >= 11 is 0. The zero-order valence-electron chi connectivity index (χ0n) is 11.8. The highest BCUT2D eigenvalue weighted by atomic mass is 16.6. The molecule has 2 aromatic rings. The molecule has 0 unspecified atom stereocenters. The molecule has 0 heterocycles. The average Bonchev–Trinajstić information content (AvgIpc) is 2.48. The zero-order valence-corrected chi connectivity index (χ0v) is 11.8. The summed E-state index contributed by atoms with van der Waals surface area (Å²) in [5, 5.41) is 4.37. The molecule has 0 atom stereocenters. The van der Waals surface area contributed by atoms with Crippen molar-refractivity contribution in [3.05, 3.63) is 70.8 Å². The van der Waals surface area contributed by atoms with Crippen LogP contribution in [0.2, 0.25) is 0 Å². The van der Waals surface area contributed by atoms with Gasteiger partial charge in [-0.2, -0.15) is 0 Å². The fourth-order valence-corrected chi connectivity index (χ4v) is 2.65. The highest BCUT2D eigenvalue weighted by Gasteiger charge is 2.15. The molecule has 0 saturated carbocycles. The summed E-state index contributed by atoms with van der Waals surface area (Å²) < 4.78 is 0. The topological polar surface area (TPSA) is 21.6 Å². The van der Waals surface area contributed by atoms with Gasteiger partial charge < -0.3 is 4.84 Å². The van der Waals surface area contributed by atoms with Crippen molar-refractivity contribution in [2.45, 2.75) is 32.8 Å². The van der Waals surface area contributed by atoms with E-state index in [0.717, 1.165) is 30.5 Å². The van der Waals surface area contributed by atoms with E-state index in [1.54, 1.807) is 0 Å². The summed E-state index contributed by atoms with van der Waals surface area (Å²) in [5.41, 5.74) is 6.21. The Morgan fingerprint density at radius 2 is 1.90 bits per heavy atom. The molecular formula is C18H19NO. The first-order valence-corrected chi connectivity index (χ1v) is 7.15. The molecule has 0 bridgehead atoms. The highest BCUT2D eigenvalue weighted by molar-refractivity contribution is 6.02. The van der Waals surface area contributed by atoms with Gasteiger partial charge in [-0.3, -0.25) is 0 Å². The maximum atomic E-state index is 5.53. The van der Waals surface area contributed by atoms with E-state index in [1.165, 1.54) is 16.7 Å². The van der Waals surface area contributed by atoms with Crippen LogP contribution in [-0.4, -0.2) is 5.71 Å². The predicted octanol–water partition coefficient (Wildman–Crippen LogP) is 4.25. The van der Waals surface area contributed by atoms with E-state index >= 15 is 0 Å². The number of hydrogen-bond donors (Lipinski definition) is 0. The third kappa shape index (κ3) is 2.90. The van der Waals surface area contributed by atoms with Crippen LogP contribution in [0.5, 0.6) is 0 Å². The molecule has 2 heteroatoms. The van der Waals surface area contributed by atoms with Crippen molar-refractivity contribution in [3.8, 4) is 0 Å². The minimum atomic E-state index is 0.533. The van der Waals surface area contributed by atoms with Crippen LogP contribution in [0.4, 0.5) is 0 Å². The first-order chi connectivity index (χ1) is 9.83. The minimum Gasteiger partial charge on any atom is -0.391 e. The van der Waals surface area contributed by atoms with E-state index in [0.29, 0.717) is 6.61 Å². The maximum Gasteiger partial charge on any atom is 0.142 e. The number of hydrogen-bond acceptors (Lipinski definition) is 2. The number of aryl methyl sites for hydroxylation is 2. The summed E-state index contributed by atoms with van der Waals surface area (Å²) in [6, 6.07) is 16.7. The Bertz CT molecular complexity index is 617. The second-order valence-electron chi connectivity index (χ2n) is 5.31. The smallest absolute Gasteiger partial charge is 0.142 e. The first kappa shape index (κ1) is 12.9. The van der Waals surface area contributed by atoms with Crippen LogP contribution in [-0.2, 0) is 17.9 Å². The second kappa shape index (κ2) is 5.91. The summed E-state index contributed by atoms with van der Waals surface area (Å²) in [7, 11) is 0. The zero-order chi connectivity index (χ0) is 13.8. The Hall–Kier alpha value is -2.09. The lowest BCUT2D eigenvalue weighted by Crippen LogP contribution is -2.12. The van der Waals surface area contributed by atoms with Gasteiger partial charge in [0, 0.05) is 5.56 Å². The molecule has 2 nitrogen and oxygen atoms in total. The summed E-state index contributed by atoms with van der Waals surface area (Å²) in [6.45, 7) is 2.67. The quantitative estimate of drug-likeness (QED) is 0.760. The fraction of sp³-hybridized carbons (Fsp3) is 0.278. The Morgan fingerprint density at radius 3 is 2.75 bits per heavy atom. The molecule has 0 saturated heterocycles. The van der Waals surface area contributed by atoms with Crippen LogP contribution in [0.1, 0.15) is 35.1 Å². The van der Waals surface area contributed by atoms with Crippen LogP contribution in [0, 0.1) is 6.92 Å². The molecule has 0 radical (unpaired) electrons. The van der Waals surface area contributed by atoms with E-state index in [2.05, 4.69) is 42.4 Å². The molecule has 3 rings (SSSR count). The van der Waals surface area contributed by atoms with E-state index in [9.17, 15) is 0 Å². The summed E-state index contributed by atoms with van der Waals surface area (Å²) in [5.74, 6) is 0. The highest BCUT2D eigenvalue weighted by Crippen LogP contribution is 2.23. The van der Waals surface area contributed by atoms with Gasteiger partial charge in [0.05, 0.1) is 5.71 Å². The van der Waals surface area contributed by atoms with E-state index < -0.39 is 0 Å². The molecule has 0 aliphatic heterocycles. The lowest BCUT2D eigenvalue weighted by atomic mass is 9.89. The number of benzene rings is 2. The minimum absolute atomic E-state index is 0.533. The van der Waals surface area contributed by atoms with Gasteiger partial charge in [0.25, 0.3) is 0 Å². The van der Waals surface area contributed by atoms with Crippen LogP contribution in [0.3, 0.4) is 0 Å². The molecule has 2 aromatic carbocycles. The lowest BCUT2D eigenvalue weighted by molar-refractivity contribution is 0.130. The third-order valence-electron chi connectivity index (χ3n) is 3.68. The van der Waals surface area contributed by atoms with Crippen LogP contribution < -0.4 is 0 Å². The Labute approximate surface area is 120 Å². The molecule has 1 aliphatic carbocycles. The fourth-order valence-electron chi connectivity index (χ4n) is 2.65. The first-order valence-electron chi connectivity index (χ1n) is 7.15. The van der Waals surface area contributed by atoms with Gasteiger partial charge in [0.1, 0.15) is 6.61 Å². The molecule has 0 amide bonds. The number of rotatable bonds is 3. The van der Waals surface area contributed by atoms with Crippen molar-refractivity contribution < 1.29 is 4.84 Å². The molecule has 0 fully saturated rings. The lowest BCUT2D eigenvalue weighted by Gasteiger charge is -2.17. The predicted molar refractivity (Wildman–Crippen MR) is 81.9 cm³/mol. The van der Waals surface area contributed by atoms with Crippen molar-refractivity contribution in [2.24, 2.45) is 5.16 Å². The van der Waals surface area contributed by atoms with Crippen LogP contribution >= 0.6 is 0 Å². The van der Waals surface area contributed by atoms with Gasteiger partial charge in [0.2, 0.25) is 0 Å². The van der Waals surface area contributed by atoms with Gasteiger partial charge in [-0.25, -0.2) is 0 Å². The molecule has 0 spiro atoms. The molecule has 20 heavy (non-hydrogen) atoms. The molecule has 0 aromatic heterocycles. The van der Waals surface area contributed by atoms with E-state index in [1.807, 2.05) is 18.2 Å². The van der Waals surface area contributed by atoms with Crippen molar-refractivity contribution in [2.75, 3.05) is 0 Å². The van der Waals surface area contributed by atoms with Gasteiger partial charge in [0.15, 0.2) is 0 Å². The summed E-state index contributed by atoms with van der Waals surface area (Å²) in [6.07, 6.45) is 3.31. The summed E-state index contributed by atoms with van der Waals surface area (Å²) in [4.78, 5) is 5.53. The Morgan fingerprint density at radius 1 is 1.05 bits per heavy atom. The molecule has 1 aliphatic rings. The van der Waals surface area contributed by atoms with Gasteiger partial charge in [-0.1, -0.05) is 59.3 Å². The monoisotopic (exact) mass is 265 g/mol. The normalized spacial score (nSPS) is 15.9. The number of nitrogens with zero attached hydrogens (tertiary/aromatic N) is 1. The Kier molecular flexibility index (Phi) is 3.82. The van der Waals surface area contributed by atoms with E-state index in [-0.39, 0.29) is 0 Å². The van der Waals surface area contributed by atoms with Gasteiger partial charge in [-0.15, -0.1) is 0 Å². The van der Waals surface area contributed by atoms with Crippen molar-refractivity contribution in [3.63, 3.8) is 0 Å². The SMILES string of the molecule is Cc1ccc2c(c1)CCCC2=NOCc1ccccc1. The molecule has 102 valence electrons. The van der Waals surface area contributed by atoms with Crippen LogP contribution in [0.25, 0.3) is 0 Å². The van der Waals surface area contributed by atoms with Crippen molar-refractivity contribution in [1.29, 1.82) is 0 Å². The Balaban J connectivity index is 1.74. The molecule has 0 N–H and O–H groups in total. The van der Waals surface area contributed by atoms with Crippen LogP contribution in [0.15, 0.2) is 53.7 Å². The maximum absolute atomic E-state index is 5.53. The average molecular weight is 265 g/mol. The standard InChI is InChI=1S/C18H19NO/c1-14-10-11-17-16(12-14)8-5-9-18(17)19-20-13-15-6-3-2-4-7-15/h2-4,6-7,10-12H,5,8-9,13H2,1H3. The number of fused-ring (bicyclic) bond motifs is 1.